The highest BCUT2D eigenvalue weighted by atomic mass is 35.5. The smallest absolute Gasteiger partial charge is 0.146 e. The first-order valence-electron chi connectivity index (χ1n) is 6.03. The van der Waals surface area contributed by atoms with E-state index in [4.69, 9.17) is 11.6 Å². The Hall–Kier alpha value is -0.610. The van der Waals surface area contributed by atoms with Gasteiger partial charge in [-0.1, -0.05) is 31.5 Å². The minimum Gasteiger partial charge on any atom is -0.244 e. The van der Waals surface area contributed by atoms with E-state index in [9.17, 15) is 8.60 Å². The Balaban J connectivity index is 2.61. The molecule has 1 aromatic carbocycles. The quantitative estimate of drug-likeness (QED) is 0.819. The molecule has 0 heterocycles. The molecule has 1 aromatic rings. The molecule has 1 fully saturated rings. The molecular weight excluding hydrogens is 273 g/mol. The maximum Gasteiger partial charge on any atom is 0.146 e. The van der Waals surface area contributed by atoms with E-state index in [1.54, 1.807) is 12.1 Å². The maximum atomic E-state index is 14.2. The van der Waals surface area contributed by atoms with Gasteiger partial charge in [0.2, 0.25) is 0 Å². The number of hydrogen-bond acceptors (Lipinski definition) is 2. The first-order chi connectivity index (χ1) is 8.41. The molecule has 0 radical (unpaired) electrons. The summed E-state index contributed by atoms with van der Waals surface area (Å²) in [4.78, 5) is 0.357. The van der Waals surface area contributed by atoms with E-state index in [2.05, 4.69) is 4.36 Å². The van der Waals surface area contributed by atoms with Crippen molar-refractivity contribution < 1.29 is 8.60 Å². The van der Waals surface area contributed by atoms with Crippen LogP contribution in [-0.4, -0.2) is 16.5 Å². The lowest BCUT2D eigenvalue weighted by atomic mass is 10.0. The van der Waals surface area contributed by atoms with Crippen LogP contribution in [0.25, 0.3) is 0 Å². The zero-order valence-electron chi connectivity index (χ0n) is 10.7. The van der Waals surface area contributed by atoms with Gasteiger partial charge in [0.1, 0.15) is 5.82 Å². The summed E-state index contributed by atoms with van der Waals surface area (Å²) < 4.78 is 30.9. The largest absolute Gasteiger partial charge is 0.244 e. The van der Waals surface area contributed by atoms with Gasteiger partial charge in [-0.15, -0.1) is 0 Å². The number of halogens is 2. The van der Waals surface area contributed by atoms with E-state index in [1.165, 1.54) is 7.05 Å². The second kappa shape index (κ2) is 4.82. The number of benzene rings is 1. The third-order valence-corrected chi connectivity index (χ3v) is 6.63. The van der Waals surface area contributed by atoms with Gasteiger partial charge in [-0.2, -0.15) is 0 Å². The third-order valence-electron chi connectivity index (χ3n) is 3.26. The van der Waals surface area contributed by atoms with Crippen molar-refractivity contribution in [1.29, 1.82) is 0 Å². The van der Waals surface area contributed by atoms with Crippen molar-refractivity contribution >= 4 is 21.3 Å². The predicted octanol–water partition coefficient (Wildman–Crippen LogP) is 4.22. The zero-order chi connectivity index (χ0) is 13.5. The third kappa shape index (κ3) is 2.16. The topological polar surface area (TPSA) is 29.4 Å². The Kier molecular flexibility index (Phi) is 3.70. The van der Waals surface area contributed by atoms with Gasteiger partial charge in [0, 0.05) is 12.3 Å². The maximum absolute atomic E-state index is 14.2. The van der Waals surface area contributed by atoms with E-state index in [1.807, 2.05) is 13.8 Å². The molecule has 0 aliphatic heterocycles. The summed E-state index contributed by atoms with van der Waals surface area (Å²) in [6.07, 6.45) is 1.75. The number of rotatable bonds is 3. The number of hydrogen-bond donors (Lipinski definition) is 0. The first kappa shape index (κ1) is 13.8. The van der Waals surface area contributed by atoms with Crippen molar-refractivity contribution in [3.8, 4) is 0 Å². The van der Waals surface area contributed by atoms with Crippen LogP contribution in [0.1, 0.15) is 38.2 Å². The monoisotopic (exact) mass is 289 g/mol. The second-order valence-corrected chi connectivity index (χ2v) is 7.87. The molecular formula is C13H17ClFNOS. The van der Waals surface area contributed by atoms with Crippen LogP contribution in [0.3, 0.4) is 0 Å². The fourth-order valence-electron chi connectivity index (χ4n) is 2.03. The standard InChI is InChI=1S/C13H17ClFNOS/c1-8(2)10-6-7-11(12(14)13(10)15)18(17,16-3)9-4-5-9/h6-9H,4-5H2,1-3H3. The molecule has 1 saturated carbocycles. The number of nitrogens with zero attached hydrogens (tertiary/aromatic N) is 1. The van der Waals surface area contributed by atoms with Crippen molar-refractivity contribution in [2.75, 3.05) is 7.05 Å². The average molecular weight is 290 g/mol. The van der Waals surface area contributed by atoms with Crippen LogP contribution in [0.5, 0.6) is 0 Å². The molecule has 0 bridgehead atoms. The van der Waals surface area contributed by atoms with Gasteiger partial charge >= 0.3 is 0 Å². The van der Waals surface area contributed by atoms with Gasteiger partial charge in [0.15, 0.2) is 0 Å². The van der Waals surface area contributed by atoms with E-state index in [0.29, 0.717) is 10.5 Å². The molecule has 0 N–H and O–H groups in total. The molecule has 1 atom stereocenters. The van der Waals surface area contributed by atoms with Gasteiger partial charge < -0.3 is 0 Å². The zero-order valence-corrected chi connectivity index (χ0v) is 12.3. The minimum atomic E-state index is -2.55. The Bertz CT molecular complexity index is 587. The lowest BCUT2D eigenvalue weighted by Gasteiger charge is -2.14. The van der Waals surface area contributed by atoms with Gasteiger partial charge in [-0.25, -0.2) is 13.0 Å². The van der Waals surface area contributed by atoms with Crippen molar-refractivity contribution in [2.45, 2.75) is 42.8 Å². The van der Waals surface area contributed by atoms with E-state index in [-0.39, 0.29) is 16.2 Å². The SMILES string of the molecule is CN=S(=O)(c1ccc(C(C)C)c(F)c1Cl)C1CC1. The summed E-state index contributed by atoms with van der Waals surface area (Å²) in [7, 11) is -1.03. The van der Waals surface area contributed by atoms with Crippen molar-refractivity contribution in [2.24, 2.45) is 4.36 Å². The molecule has 2 rings (SSSR count). The van der Waals surface area contributed by atoms with Crippen LogP contribution in [0.2, 0.25) is 5.02 Å². The van der Waals surface area contributed by atoms with Crippen molar-refractivity contribution in [1.82, 2.24) is 0 Å². The van der Waals surface area contributed by atoms with Gasteiger partial charge in [-0.3, -0.25) is 0 Å². The lowest BCUT2D eigenvalue weighted by Crippen LogP contribution is -2.09. The van der Waals surface area contributed by atoms with Crippen LogP contribution in [0.4, 0.5) is 4.39 Å². The molecule has 18 heavy (non-hydrogen) atoms. The molecule has 5 heteroatoms. The van der Waals surface area contributed by atoms with Crippen LogP contribution >= 0.6 is 11.6 Å². The molecule has 0 amide bonds. The van der Waals surface area contributed by atoms with Crippen molar-refractivity contribution in [3.05, 3.63) is 28.5 Å². The fraction of sp³-hybridized carbons (Fsp3) is 0.538. The Morgan fingerprint density at radius 2 is 2.06 bits per heavy atom. The summed E-state index contributed by atoms with van der Waals surface area (Å²) >= 11 is 6.06. The molecule has 1 unspecified atom stereocenters. The summed E-state index contributed by atoms with van der Waals surface area (Å²) in [5.74, 6) is -0.409. The molecule has 1 aliphatic carbocycles. The van der Waals surface area contributed by atoms with Crippen LogP contribution < -0.4 is 0 Å². The summed E-state index contributed by atoms with van der Waals surface area (Å²) in [6.45, 7) is 3.80. The van der Waals surface area contributed by atoms with Gasteiger partial charge in [0.05, 0.1) is 19.6 Å². The minimum absolute atomic E-state index is 0.0244. The van der Waals surface area contributed by atoms with Crippen LogP contribution in [-0.2, 0) is 9.73 Å². The van der Waals surface area contributed by atoms with Gasteiger partial charge in [0.25, 0.3) is 0 Å². The molecule has 100 valence electrons. The highest BCUT2D eigenvalue weighted by Gasteiger charge is 2.36. The predicted molar refractivity (Wildman–Crippen MR) is 73.3 cm³/mol. The fourth-order valence-corrected chi connectivity index (χ4v) is 4.78. The highest BCUT2D eigenvalue weighted by molar-refractivity contribution is 7.94. The van der Waals surface area contributed by atoms with E-state index in [0.717, 1.165) is 12.8 Å². The molecule has 1 aliphatic rings. The van der Waals surface area contributed by atoms with Crippen LogP contribution in [0, 0.1) is 5.82 Å². The molecule has 0 aromatic heterocycles. The second-order valence-electron chi connectivity index (χ2n) is 4.89. The Morgan fingerprint density at radius 3 is 2.50 bits per heavy atom. The van der Waals surface area contributed by atoms with E-state index >= 15 is 0 Å². The normalized spacial score (nSPS) is 18.8. The average Bonchev–Trinajstić information content (AvgIpc) is 3.15. The first-order valence-corrected chi connectivity index (χ1v) is 7.99. The lowest BCUT2D eigenvalue weighted by molar-refractivity contribution is 0.593. The van der Waals surface area contributed by atoms with Gasteiger partial charge in [-0.05, 0) is 30.4 Å². The Labute approximate surface area is 113 Å². The Morgan fingerprint density at radius 1 is 1.44 bits per heavy atom. The summed E-state index contributed by atoms with van der Waals surface area (Å²) in [5, 5.41) is 0.00741. The molecule has 0 saturated heterocycles. The highest BCUT2D eigenvalue weighted by Crippen LogP contribution is 2.40. The molecule has 0 spiro atoms. The van der Waals surface area contributed by atoms with Crippen LogP contribution in [0.15, 0.2) is 21.4 Å². The summed E-state index contributed by atoms with van der Waals surface area (Å²) in [6, 6.07) is 3.35. The molecule has 2 nitrogen and oxygen atoms in total. The van der Waals surface area contributed by atoms with E-state index < -0.39 is 15.5 Å². The van der Waals surface area contributed by atoms with Crippen molar-refractivity contribution in [3.63, 3.8) is 0 Å². The summed E-state index contributed by atoms with van der Waals surface area (Å²) in [5.41, 5.74) is 0.553.